The van der Waals surface area contributed by atoms with Gasteiger partial charge in [-0.3, -0.25) is 14.9 Å². The van der Waals surface area contributed by atoms with Crippen molar-refractivity contribution >= 4 is 33.2 Å². The van der Waals surface area contributed by atoms with Gasteiger partial charge in [-0.25, -0.2) is 8.42 Å². The minimum atomic E-state index is -3.60. The zero-order chi connectivity index (χ0) is 22.8. The zero-order valence-corrected chi connectivity index (χ0v) is 18.9. The molecule has 1 aliphatic heterocycles. The number of nitro benzene ring substituents is 1. The highest BCUT2D eigenvalue weighted by Gasteiger charge is 2.28. The quantitative estimate of drug-likeness (QED) is 0.475. The highest BCUT2D eigenvalue weighted by atomic mass is 35.5. The Morgan fingerprint density at radius 1 is 1.26 bits per heavy atom. The van der Waals surface area contributed by atoms with Crippen LogP contribution in [-0.4, -0.2) is 48.6 Å². The maximum absolute atomic E-state index is 12.9. The normalized spacial score (nSPS) is 17.3. The van der Waals surface area contributed by atoms with Crippen molar-refractivity contribution in [3.05, 3.63) is 68.7 Å². The number of non-ortho nitro benzene ring substituents is 1. The summed E-state index contributed by atoms with van der Waals surface area (Å²) in [6.07, 6.45) is 1.85. The van der Waals surface area contributed by atoms with Gasteiger partial charge in [0.2, 0.25) is 10.0 Å². The Bertz CT molecular complexity index is 1090. The van der Waals surface area contributed by atoms with Crippen molar-refractivity contribution < 1.29 is 18.1 Å². The molecule has 8 nitrogen and oxygen atoms in total. The number of nitro groups is 1. The molecule has 1 unspecified atom stereocenters. The average molecular weight is 466 g/mol. The molecule has 2 aromatic carbocycles. The largest absolute Gasteiger partial charge is 0.337 e. The molecule has 0 aromatic heterocycles. The molecular weight excluding hydrogens is 442 g/mol. The maximum atomic E-state index is 12.9. The fourth-order valence-electron chi connectivity index (χ4n) is 3.63. The highest BCUT2D eigenvalue weighted by Crippen LogP contribution is 2.25. The molecule has 1 saturated heterocycles. The number of benzene rings is 2. The number of carbonyl (C=O) groups is 1. The third-order valence-corrected chi connectivity index (χ3v) is 7.60. The topological polar surface area (TPSA) is 101 Å². The van der Waals surface area contributed by atoms with E-state index in [1.165, 1.54) is 51.7 Å². The lowest BCUT2D eigenvalue weighted by atomic mass is 10.0. The summed E-state index contributed by atoms with van der Waals surface area (Å²) in [5.41, 5.74) is 0.655. The van der Waals surface area contributed by atoms with Crippen LogP contribution in [0.15, 0.2) is 47.4 Å². The fourth-order valence-corrected chi connectivity index (χ4v) is 5.40. The first kappa shape index (κ1) is 23.2. The summed E-state index contributed by atoms with van der Waals surface area (Å²) in [7, 11) is -2.04. The molecule has 0 radical (unpaired) electrons. The predicted molar refractivity (Wildman–Crippen MR) is 118 cm³/mol. The summed E-state index contributed by atoms with van der Waals surface area (Å²) >= 11 is 6.12. The van der Waals surface area contributed by atoms with E-state index in [-0.39, 0.29) is 23.0 Å². The summed E-state index contributed by atoms with van der Waals surface area (Å²) < 4.78 is 27.2. The van der Waals surface area contributed by atoms with E-state index in [0.717, 1.165) is 12.8 Å². The molecule has 1 aliphatic rings. The number of halogens is 1. The third kappa shape index (κ3) is 5.23. The molecule has 0 N–H and O–H groups in total. The third-order valence-electron chi connectivity index (χ3n) is 5.35. The maximum Gasteiger partial charge on any atom is 0.269 e. The number of hydrogen-bond acceptors (Lipinski definition) is 5. The van der Waals surface area contributed by atoms with Gasteiger partial charge >= 0.3 is 0 Å². The molecule has 31 heavy (non-hydrogen) atoms. The van der Waals surface area contributed by atoms with E-state index in [1.807, 2.05) is 6.92 Å². The van der Waals surface area contributed by atoms with Gasteiger partial charge in [-0.05, 0) is 54.7 Å². The van der Waals surface area contributed by atoms with Crippen LogP contribution in [0.25, 0.3) is 0 Å². The van der Waals surface area contributed by atoms with Gasteiger partial charge in [-0.1, -0.05) is 18.5 Å². The van der Waals surface area contributed by atoms with Crippen molar-refractivity contribution in [2.75, 3.05) is 20.1 Å². The van der Waals surface area contributed by atoms with E-state index in [2.05, 4.69) is 0 Å². The van der Waals surface area contributed by atoms with Crippen molar-refractivity contribution in [2.24, 2.45) is 5.92 Å². The summed E-state index contributed by atoms with van der Waals surface area (Å²) in [4.78, 5) is 24.8. The monoisotopic (exact) mass is 465 g/mol. The fraction of sp³-hybridized carbons (Fsp3) is 0.381. The summed E-state index contributed by atoms with van der Waals surface area (Å²) in [6.45, 7) is 3.10. The van der Waals surface area contributed by atoms with Gasteiger partial charge in [0.25, 0.3) is 11.6 Å². The van der Waals surface area contributed by atoms with Crippen molar-refractivity contribution in [2.45, 2.75) is 31.2 Å². The molecule has 0 bridgehead atoms. The minimum absolute atomic E-state index is 0.0745. The van der Waals surface area contributed by atoms with Crippen LogP contribution in [-0.2, 0) is 16.6 Å². The van der Waals surface area contributed by atoms with E-state index < -0.39 is 14.9 Å². The molecule has 0 spiro atoms. The van der Waals surface area contributed by atoms with Gasteiger partial charge in [0.1, 0.15) is 0 Å². The van der Waals surface area contributed by atoms with Gasteiger partial charge < -0.3 is 4.90 Å². The van der Waals surface area contributed by atoms with Crippen molar-refractivity contribution in [3.8, 4) is 0 Å². The number of nitrogens with zero attached hydrogens (tertiary/aromatic N) is 3. The first-order chi connectivity index (χ1) is 14.6. The second kappa shape index (κ2) is 9.33. The molecular formula is C21H24ClN3O5S. The van der Waals surface area contributed by atoms with Gasteiger partial charge in [-0.2, -0.15) is 4.31 Å². The molecule has 2 aromatic rings. The molecule has 1 amide bonds. The molecule has 1 heterocycles. The Morgan fingerprint density at radius 2 is 1.94 bits per heavy atom. The van der Waals surface area contributed by atoms with E-state index in [4.69, 9.17) is 11.6 Å². The number of rotatable bonds is 6. The Hall–Kier alpha value is -2.49. The Balaban J connectivity index is 1.74. The van der Waals surface area contributed by atoms with Crippen LogP contribution < -0.4 is 0 Å². The first-order valence-electron chi connectivity index (χ1n) is 9.88. The Kier molecular flexibility index (Phi) is 6.98. The smallest absolute Gasteiger partial charge is 0.269 e. The van der Waals surface area contributed by atoms with Crippen LogP contribution in [0.3, 0.4) is 0 Å². The van der Waals surface area contributed by atoms with Crippen LogP contribution in [0, 0.1) is 16.0 Å². The summed E-state index contributed by atoms with van der Waals surface area (Å²) in [5.74, 6) is -0.0308. The zero-order valence-electron chi connectivity index (χ0n) is 17.3. The van der Waals surface area contributed by atoms with Crippen molar-refractivity contribution in [3.63, 3.8) is 0 Å². The predicted octanol–water partition coefficient (Wildman–Crippen LogP) is 3.94. The standard InChI is InChI=1S/C21H24ClN3O5S/c1-15-4-3-11-24(13-15)31(29,30)19-8-5-16(6-9-19)21(26)23(2)14-17-12-18(25(27)28)7-10-20(17)22/h5-10,12,15H,3-4,11,13-14H2,1-2H3. The Morgan fingerprint density at radius 3 is 2.55 bits per heavy atom. The molecule has 1 fully saturated rings. The van der Waals surface area contributed by atoms with Crippen LogP contribution >= 0.6 is 11.6 Å². The van der Waals surface area contributed by atoms with Gasteiger partial charge in [-0.15, -0.1) is 0 Å². The summed E-state index contributed by atoms with van der Waals surface area (Å²) in [6, 6.07) is 9.90. The number of piperidine rings is 1. The molecule has 0 saturated carbocycles. The number of amides is 1. The SMILES string of the molecule is CC1CCCN(S(=O)(=O)c2ccc(C(=O)N(C)Cc3cc([N+](=O)[O-])ccc3Cl)cc2)C1. The van der Waals surface area contributed by atoms with Crippen LogP contribution in [0.2, 0.25) is 5.02 Å². The lowest BCUT2D eigenvalue weighted by Gasteiger charge is -2.30. The molecule has 10 heteroatoms. The van der Waals surface area contributed by atoms with Crippen LogP contribution in [0.5, 0.6) is 0 Å². The van der Waals surface area contributed by atoms with Crippen molar-refractivity contribution in [1.29, 1.82) is 0 Å². The molecule has 1 atom stereocenters. The second-order valence-electron chi connectivity index (χ2n) is 7.83. The van der Waals surface area contributed by atoms with E-state index >= 15 is 0 Å². The highest BCUT2D eigenvalue weighted by molar-refractivity contribution is 7.89. The number of hydrogen-bond donors (Lipinski definition) is 0. The Labute approximate surface area is 186 Å². The lowest BCUT2D eigenvalue weighted by Crippen LogP contribution is -2.39. The van der Waals surface area contributed by atoms with E-state index in [9.17, 15) is 23.3 Å². The van der Waals surface area contributed by atoms with Crippen LogP contribution in [0.1, 0.15) is 35.7 Å². The van der Waals surface area contributed by atoms with E-state index in [1.54, 1.807) is 7.05 Å². The molecule has 0 aliphatic carbocycles. The van der Waals surface area contributed by atoms with Gasteiger partial charge in [0.05, 0.1) is 9.82 Å². The first-order valence-corrected chi connectivity index (χ1v) is 11.7. The molecule has 166 valence electrons. The lowest BCUT2D eigenvalue weighted by molar-refractivity contribution is -0.384. The average Bonchev–Trinajstić information content (AvgIpc) is 2.74. The van der Waals surface area contributed by atoms with Crippen molar-refractivity contribution in [1.82, 2.24) is 9.21 Å². The van der Waals surface area contributed by atoms with Gasteiger partial charge in [0, 0.05) is 49.4 Å². The van der Waals surface area contributed by atoms with Crippen LogP contribution in [0.4, 0.5) is 5.69 Å². The van der Waals surface area contributed by atoms with E-state index in [0.29, 0.717) is 35.2 Å². The van der Waals surface area contributed by atoms with Gasteiger partial charge in [0.15, 0.2) is 0 Å². The summed E-state index contributed by atoms with van der Waals surface area (Å²) in [5, 5.41) is 11.3. The molecule has 3 rings (SSSR count). The number of sulfonamides is 1. The number of carbonyl (C=O) groups excluding carboxylic acids is 1. The second-order valence-corrected chi connectivity index (χ2v) is 10.2. The minimum Gasteiger partial charge on any atom is -0.337 e.